The van der Waals surface area contributed by atoms with Gasteiger partial charge >= 0.3 is 11.9 Å². The summed E-state index contributed by atoms with van der Waals surface area (Å²) in [5, 5.41) is 26.6. The molecule has 0 aliphatic heterocycles. The van der Waals surface area contributed by atoms with Gasteiger partial charge in [0, 0.05) is 4.90 Å². The summed E-state index contributed by atoms with van der Waals surface area (Å²) < 4.78 is 0.572. The molecule has 0 amide bonds. The van der Waals surface area contributed by atoms with E-state index in [2.05, 4.69) is 10.2 Å². The molecule has 1 aromatic heterocycles. The maximum Gasteiger partial charge on any atom is 0.337 e. The van der Waals surface area contributed by atoms with Gasteiger partial charge in [-0.25, -0.2) is 9.59 Å². The van der Waals surface area contributed by atoms with Crippen molar-refractivity contribution < 1.29 is 19.8 Å². The Kier molecular flexibility index (Phi) is 3.82. The SMILES string of the molecule is Cc1nnc(Sc2cccc(C(=O)O)c2C(=O)O)s1. The van der Waals surface area contributed by atoms with Crippen molar-refractivity contribution in [2.75, 3.05) is 0 Å². The zero-order valence-corrected chi connectivity index (χ0v) is 11.3. The number of aromatic nitrogens is 2. The van der Waals surface area contributed by atoms with Gasteiger partial charge in [-0.1, -0.05) is 29.2 Å². The zero-order chi connectivity index (χ0) is 14.0. The highest BCUT2D eigenvalue weighted by atomic mass is 32.2. The van der Waals surface area contributed by atoms with E-state index in [0.717, 1.165) is 16.8 Å². The first-order chi connectivity index (χ1) is 8.99. The number of rotatable bonds is 4. The van der Waals surface area contributed by atoms with Crippen LogP contribution in [0.15, 0.2) is 27.4 Å². The minimum atomic E-state index is -1.28. The second kappa shape index (κ2) is 5.37. The molecule has 0 unspecified atom stereocenters. The Morgan fingerprint density at radius 3 is 2.47 bits per heavy atom. The van der Waals surface area contributed by atoms with Crippen LogP contribution >= 0.6 is 23.1 Å². The van der Waals surface area contributed by atoms with Crippen molar-refractivity contribution in [3.63, 3.8) is 0 Å². The second-order valence-corrected chi connectivity index (χ2v) is 5.95. The highest BCUT2D eigenvalue weighted by molar-refractivity contribution is 8.01. The largest absolute Gasteiger partial charge is 0.478 e. The number of carboxylic acid groups (broad SMARTS) is 2. The van der Waals surface area contributed by atoms with E-state index in [0.29, 0.717) is 9.24 Å². The third-order valence-electron chi connectivity index (χ3n) is 2.18. The molecule has 1 heterocycles. The number of hydrogen-bond acceptors (Lipinski definition) is 6. The lowest BCUT2D eigenvalue weighted by atomic mass is 10.1. The molecule has 98 valence electrons. The van der Waals surface area contributed by atoms with Crippen LogP contribution in [-0.4, -0.2) is 32.3 Å². The highest BCUT2D eigenvalue weighted by Crippen LogP contribution is 2.33. The van der Waals surface area contributed by atoms with Crippen LogP contribution in [0.4, 0.5) is 0 Å². The number of hydrogen-bond donors (Lipinski definition) is 2. The zero-order valence-electron chi connectivity index (χ0n) is 9.65. The van der Waals surface area contributed by atoms with E-state index in [1.165, 1.54) is 23.5 Å². The summed E-state index contributed by atoms with van der Waals surface area (Å²) in [6, 6.07) is 4.32. The molecule has 2 aromatic rings. The van der Waals surface area contributed by atoms with Gasteiger partial charge in [0.25, 0.3) is 0 Å². The highest BCUT2D eigenvalue weighted by Gasteiger charge is 2.21. The fraction of sp³-hybridized carbons (Fsp3) is 0.0909. The molecule has 0 fully saturated rings. The Morgan fingerprint density at radius 2 is 1.95 bits per heavy atom. The molecule has 1 aromatic carbocycles. The van der Waals surface area contributed by atoms with E-state index >= 15 is 0 Å². The third kappa shape index (κ3) is 2.91. The number of benzene rings is 1. The van der Waals surface area contributed by atoms with Gasteiger partial charge in [-0.3, -0.25) is 0 Å². The van der Waals surface area contributed by atoms with Gasteiger partial charge in [0.2, 0.25) is 0 Å². The molecule has 0 spiro atoms. The number of nitrogens with zero attached hydrogens (tertiary/aromatic N) is 2. The molecule has 0 saturated carbocycles. The summed E-state index contributed by atoms with van der Waals surface area (Å²) in [5.74, 6) is -2.55. The smallest absolute Gasteiger partial charge is 0.337 e. The van der Waals surface area contributed by atoms with Crippen LogP contribution in [0.5, 0.6) is 0 Å². The van der Waals surface area contributed by atoms with Crippen molar-refractivity contribution in [1.82, 2.24) is 10.2 Å². The first-order valence-corrected chi connectivity index (χ1v) is 6.70. The van der Waals surface area contributed by atoms with Gasteiger partial charge in [-0.15, -0.1) is 10.2 Å². The van der Waals surface area contributed by atoms with Gasteiger partial charge < -0.3 is 10.2 Å². The van der Waals surface area contributed by atoms with Crippen molar-refractivity contribution in [2.45, 2.75) is 16.2 Å². The Bertz CT molecular complexity index is 654. The molecule has 2 N–H and O–H groups in total. The fourth-order valence-electron chi connectivity index (χ4n) is 1.43. The van der Waals surface area contributed by atoms with Crippen LogP contribution in [0.3, 0.4) is 0 Å². The Balaban J connectivity index is 2.47. The van der Waals surface area contributed by atoms with E-state index in [9.17, 15) is 9.59 Å². The minimum Gasteiger partial charge on any atom is -0.478 e. The van der Waals surface area contributed by atoms with Crippen LogP contribution < -0.4 is 0 Å². The maximum absolute atomic E-state index is 11.2. The molecule has 0 atom stereocenters. The normalized spacial score (nSPS) is 10.4. The van der Waals surface area contributed by atoms with Crippen molar-refractivity contribution in [2.24, 2.45) is 0 Å². The molecule has 2 rings (SSSR count). The first-order valence-electron chi connectivity index (χ1n) is 5.06. The van der Waals surface area contributed by atoms with Crippen LogP contribution in [0.1, 0.15) is 25.7 Å². The van der Waals surface area contributed by atoms with Crippen LogP contribution in [0.25, 0.3) is 0 Å². The summed E-state index contributed by atoms with van der Waals surface area (Å²) in [7, 11) is 0. The topological polar surface area (TPSA) is 100 Å². The average Bonchev–Trinajstić information content (AvgIpc) is 2.74. The molecule has 8 heteroatoms. The number of aryl methyl sites for hydroxylation is 1. The molecular weight excluding hydrogens is 288 g/mol. The first kappa shape index (κ1) is 13.5. The lowest BCUT2D eigenvalue weighted by molar-refractivity contribution is 0.0648. The molecule has 0 radical (unpaired) electrons. The predicted molar refractivity (Wildman–Crippen MR) is 69.1 cm³/mol. The number of carboxylic acids is 2. The van der Waals surface area contributed by atoms with Crippen molar-refractivity contribution in [3.05, 3.63) is 34.3 Å². The van der Waals surface area contributed by atoms with Gasteiger partial charge in [0.1, 0.15) is 5.01 Å². The third-order valence-corrected chi connectivity index (χ3v) is 4.12. The summed E-state index contributed by atoms with van der Waals surface area (Å²) in [6.07, 6.45) is 0. The van der Waals surface area contributed by atoms with E-state index in [1.54, 1.807) is 13.0 Å². The van der Waals surface area contributed by atoms with E-state index in [1.807, 2.05) is 0 Å². The molecule has 19 heavy (non-hydrogen) atoms. The van der Waals surface area contributed by atoms with Crippen molar-refractivity contribution >= 4 is 35.0 Å². The lowest BCUT2D eigenvalue weighted by Gasteiger charge is -2.06. The number of aromatic carboxylic acids is 2. The van der Waals surface area contributed by atoms with Crippen LogP contribution in [0.2, 0.25) is 0 Å². The predicted octanol–water partition coefficient (Wildman–Crippen LogP) is 2.39. The van der Waals surface area contributed by atoms with Gasteiger partial charge in [-0.2, -0.15) is 0 Å². The molecule has 6 nitrogen and oxygen atoms in total. The molecular formula is C11H8N2O4S2. The monoisotopic (exact) mass is 296 g/mol. The second-order valence-electron chi connectivity index (χ2n) is 3.48. The maximum atomic E-state index is 11.2. The summed E-state index contributed by atoms with van der Waals surface area (Å²) in [4.78, 5) is 22.6. The molecule has 0 aliphatic rings. The van der Waals surface area contributed by atoms with Crippen LogP contribution in [-0.2, 0) is 0 Å². The van der Waals surface area contributed by atoms with E-state index in [-0.39, 0.29) is 11.1 Å². The van der Waals surface area contributed by atoms with Gasteiger partial charge in [-0.05, 0) is 19.1 Å². The summed E-state index contributed by atoms with van der Waals surface area (Å²) in [6.45, 7) is 1.79. The molecule has 0 bridgehead atoms. The summed E-state index contributed by atoms with van der Waals surface area (Å²) in [5.41, 5.74) is -0.466. The lowest BCUT2D eigenvalue weighted by Crippen LogP contribution is -2.09. The van der Waals surface area contributed by atoms with E-state index < -0.39 is 11.9 Å². The van der Waals surface area contributed by atoms with Gasteiger partial charge in [0.15, 0.2) is 4.34 Å². The molecule has 0 saturated heterocycles. The van der Waals surface area contributed by atoms with Crippen molar-refractivity contribution in [3.8, 4) is 0 Å². The van der Waals surface area contributed by atoms with Crippen LogP contribution in [0, 0.1) is 6.92 Å². The minimum absolute atomic E-state index is 0.229. The average molecular weight is 296 g/mol. The Hall–Kier alpha value is -1.93. The molecule has 0 aliphatic carbocycles. The van der Waals surface area contributed by atoms with E-state index in [4.69, 9.17) is 10.2 Å². The standard InChI is InChI=1S/C11H8N2O4S2/c1-5-12-13-11(18-5)19-7-4-2-3-6(9(14)15)8(7)10(16)17/h2-4H,1H3,(H,14,15)(H,16,17). The fourth-order valence-corrected chi connectivity index (χ4v) is 3.36. The Labute approximate surface area is 116 Å². The van der Waals surface area contributed by atoms with Crippen molar-refractivity contribution in [1.29, 1.82) is 0 Å². The summed E-state index contributed by atoms with van der Waals surface area (Å²) >= 11 is 2.41. The number of carbonyl (C=O) groups is 2. The quantitative estimate of drug-likeness (QED) is 0.893. The Morgan fingerprint density at radius 1 is 1.21 bits per heavy atom. The van der Waals surface area contributed by atoms with Gasteiger partial charge in [0.05, 0.1) is 11.1 Å².